The Labute approximate surface area is 133 Å². The van der Waals surface area contributed by atoms with Crippen molar-refractivity contribution >= 4 is 23.5 Å². The normalized spacial score (nSPS) is 8.90. The quantitative estimate of drug-likeness (QED) is 0.564. The van der Waals surface area contributed by atoms with Gasteiger partial charge in [-0.15, -0.1) is 11.8 Å². The van der Waals surface area contributed by atoms with Crippen molar-refractivity contribution in [2.75, 3.05) is 6.26 Å². The molecule has 0 fully saturated rings. The highest BCUT2D eigenvalue weighted by Gasteiger charge is 1.98. The molecule has 0 saturated heterocycles. The fourth-order valence-electron chi connectivity index (χ4n) is 1.48. The summed E-state index contributed by atoms with van der Waals surface area (Å²) in [6, 6.07) is 17.3. The zero-order valence-corrected chi connectivity index (χ0v) is 15.1. The Morgan fingerprint density at radius 1 is 0.700 bits per heavy atom. The van der Waals surface area contributed by atoms with Crippen LogP contribution in [-0.2, 0) is 0 Å². The van der Waals surface area contributed by atoms with E-state index in [2.05, 4.69) is 61.7 Å². The maximum Gasteiger partial charge on any atom is 0.0133 e. The van der Waals surface area contributed by atoms with Crippen LogP contribution in [-0.4, -0.2) is 6.26 Å². The summed E-state index contributed by atoms with van der Waals surface area (Å²) in [7, 11) is 0. The molecule has 0 aliphatic carbocycles. The first kappa shape index (κ1) is 19.1. The van der Waals surface area contributed by atoms with Crippen molar-refractivity contribution in [3.63, 3.8) is 0 Å². The van der Waals surface area contributed by atoms with Crippen LogP contribution in [0.4, 0.5) is 0 Å². The van der Waals surface area contributed by atoms with E-state index in [1.165, 1.54) is 20.2 Å². The van der Waals surface area contributed by atoms with Crippen LogP contribution in [0, 0.1) is 6.92 Å². The molecule has 0 aliphatic rings. The molecule has 20 heavy (non-hydrogen) atoms. The average molecular weight is 307 g/mol. The van der Waals surface area contributed by atoms with Gasteiger partial charge >= 0.3 is 0 Å². The molecular formula is C18H26S2. The van der Waals surface area contributed by atoms with Gasteiger partial charge in [0.25, 0.3) is 0 Å². The fourth-order valence-corrected chi connectivity index (χ4v) is 3.01. The van der Waals surface area contributed by atoms with Gasteiger partial charge in [-0.3, -0.25) is 0 Å². The maximum absolute atomic E-state index is 2.23. The van der Waals surface area contributed by atoms with Crippen LogP contribution in [0.25, 0.3) is 0 Å². The first-order valence-electron chi connectivity index (χ1n) is 7.16. The van der Waals surface area contributed by atoms with Crippen LogP contribution in [0.5, 0.6) is 0 Å². The van der Waals surface area contributed by atoms with Gasteiger partial charge in [0.15, 0.2) is 0 Å². The van der Waals surface area contributed by atoms with Gasteiger partial charge in [0.05, 0.1) is 0 Å². The molecule has 0 atom stereocenters. The maximum atomic E-state index is 2.23. The van der Waals surface area contributed by atoms with Gasteiger partial charge in [-0.05, 0) is 43.5 Å². The lowest BCUT2D eigenvalue weighted by atomic mass is 10.2. The lowest BCUT2D eigenvalue weighted by Gasteiger charge is -2.04. The summed E-state index contributed by atoms with van der Waals surface area (Å²) in [5.74, 6) is 0. The average Bonchev–Trinajstić information content (AvgIpc) is 2.51. The van der Waals surface area contributed by atoms with E-state index in [1.54, 1.807) is 11.8 Å². The Kier molecular flexibility index (Phi) is 11.4. The summed E-state index contributed by atoms with van der Waals surface area (Å²) in [6.45, 7) is 10.1. The minimum absolute atomic E-state index is 1.30. The van der Waals surface area contributed by atoms with Crippen molar-refractivity contribution in [1.82, 2.24) is 0 Å². The van der Waals surface area contributed by atoms with Gasteiger partial charge in [-0.2, -0.15) is 0 Å². The van der Waals surface area contributed by atoms with E-state index in [-0.39, 0.29) is 0 Å². The molecule has 0 N–H and O–H groups in total. The largest absolute Gasteiger partial charge is 0.130 e. The van der Waals surface area contributed by atoms with Crippen molar-refractivity contribution in [1.29, 1.82) is 0 Å². The van der Waals surface area contributed by atoms with Gasteiger partial charge in [0, 0.05) is 14.7 Å². The molecule has 2 rings (SSSR count). The monoisotopic (exact) mass is 306 g/mol. The number of aryl methyl sites for hydroxylation is 1. The zero-order valence-electron chi connectivity index (χ0n) is 13.4. The molecule has 2 heteroatoms. The molecule has 0 saturated carbocycles. The SMILES string of the molecule is CC.CC.CSc1cccc(Sc2cccc(C)c2)c1. The van der Waals surface area contributed by atoms with Crippen molar-refractivity contribution in [3.05, 3.63) is 54.1 Å². The number of benzene rings is 2. The van der Waals surface area contributed by atoms with Crippen LogP contribution >= 0.6 is 23.5 Å². The molecule has 0 heterocycles. The van der Waals surface area contributed by atoms with Gasteiger partial charge in [0.1, 0.15) is 0 Å². The highest BCUT2D eigenvalue weighted by Crippen LogP contribution is 2.30. The number of thioether (sulfide) groups is 1. The molecule has 2 aromatic rings. The van der Waals surface area contributed by atoms with E-state index in [1.807, 2.05) is 39.5 Å². The number of rotatable bonds is 3. The minimum atomic E-state index is 1.30. The second kappa shape index (κ2) is 11.9. The van der Waals surface area contributed by atoms with Gasteiger partial charge in [-0.1, -0.05) is 63.2 Å². The third-order valence-corrected chi connectivity index (χ3v) is 3.97. The van der Waals surface area contributed by atoms with E-state index in [9.17, 15) is 0 Å². The zero-order chi connectivity index (χ0) is 15.4. The molecule has 0 amide bonds. The van der Waals surface area contributed by atoms with Gasteiger partial charge in [-0.25, -0.2) is 0 Å². The van der Waals surface area contributed by atoms with Crippen molar-refractivity contribution in [3.8, 4) is 0 Å². The minimum Gasteiger partial charge on any atom is -0.130 e. The third-order valence-electron chi connectivity index (χ3n) is 2.27. The van der Waals surface area contributed by atoms with Crippen LogP contribution in [0.2, 0.25) is 0 Å². The van der Waals surface area contributed by atoms with Crippen molar-refractivity contribution in [2.45, 2.75) is 49.3 Å². The molecule has 0 aliphatic heterocycles. The van der Waals surface area contributed by atoms with Crippen LogP contribution in [0.1, 0.15) is 33.3 Å². The Morgan fingerprint density at radius 2 is 1.20 bits per heavy atom. The molecule has 0 nitrogen and oxygen atoms in total. The summed E-state index contributed by atoms with van der Waals surface area (Å²) in [6.07, 6.45) is 2.11. The molecule has 0 bridgehead atoms. The van der Waals surface area contributed by atoms with E-state index >= 15 is 0 Å². The molecule has 0 aromatic heterocycles. The molecular weight excluding hydrogens is 280 g/mol. The van der Waals surface area contributed by atoms with E-state index in [4.69, 9.17) is 0 Å². The first-order chi connectivity index (χ1) is 9.78. The summed E-state index contributed by atoms with van der Waals surface area (Å²) in [5.41, 5.74) is 1.31. The molecule has 0 unspecified atom stereocenters. The third kappa shape index (κ3) is 7.06. The van der Waals surface area contributed by atoms with Gasteiger partial charge in [0.2, 0.25) is 0 Å². The van der Waals surface area contributed by atoms with Crippen molar-refractivity contribution in [2.24, 2.45) is 0 Å². The summed E-state index contributed by atoms with van der Waals surface area (Å²) >= 11 is 3.60. The smallest absolute Gasteiger partial charge is 0.0133 e. The highest BCUT2D eigenvalue weighted by atomic mass is 32.2. The van der Waals surface area contributed by atoms with Crippen LogP contribution in [0.15, 0.2) is 63.2 Å². The van der Waals surface area contributed by atoms with Crippen molar-refractivity contribution < 1.29 is 0 Å². The van der Waals surface area contributed by atoms with Crippen LogP contribution < -0.4 is 0 Å². The summed E-state index contributed by atoms with van der Waals surface area (Å²) in [5, 5.41) is 0. The Hall–Kier alpha value is -0.860. The lowest BCUT2D eigenvalue weighted by Crippen LogP contribution is -1.76. The second-order valence-corrected chi connectivity index (χ2v) is 5.62. The lowest BCUT2D eigenvalue weighted by molar-refractivity contribution is 1.31. The second-order valence-electron chi connectivity index (χ2n) is 3.60. The molecule has 0 spiro atoms. The molecule has 110 valence electrons. The Bertz CT molecular complexity index is 478. The van der Waals surface area contributed by atoms with E-state index < -0.39 is 0 Å². The highest BCUT2D eigenvalue weighted by molar-refractivity contribution is 7.99. The van der Waals surface area contributed by atoms with Gasteiger partial charge < -0.3 is 0 Å². The Morgan fingerprint density at radius 3 is 1.75 bits per heavy atom. The predicted molar refractivity (Wildman–Crippen MR) is 96.2 cm³/mol. The standard InChI is InChI=1S/C14H14S2.2C2H6/c1-11-5-3-7-13(9-11)16-14-8-4-6-12(10-14)15-2;2*1-2/h3-10H,1-2H3;2*1-2H3. The van der Waals surface area contributed by atoms with E-state index in [0.717, 1.165) is 0 Å². The topological polar surface area (TPSA) is 0 Å². The van der Waals surface area contributed by atoms with Crippen LogP contribution in [0.3, 0.4) is 0 Å². The Balaban J connectivity index is 0.000000829. The fraction of sp³-hybridized carbons (Fsp3) is 0.333. The first-order valence-corrected chi connectivity index (χ1v) is 9.20. The predicted octanol–water partition coefficient (Wildman–Crippen LogP) is 6.92. The molecule has 2 aromatic carbocycles. The van der Waals surface area contributed by atoms with E-state index in [0.29, 0.717) is 0 Å². The number of hydrogen-bond donors (Lipinski definition) is 0. The summed E-state index contributed by atoms with van der Waals surface area (Å²) < 4.78 is 0. The molecule has 0 radical (unpaired) electrons. The number of hydrogen-bond acceptors (Lipinski definition) is 2. The summed E-state index contributed by atoms with van der Waals surface area (Å²) in [4.78, 5) is 3.92.